The number of aliphatic hydroxyl groups is 1. The van der Waals surface area contributed by atoms with E-state index in [2.05, 4.69) is 22.5 Å². The third-order valence-electron chi connectivity index (χ3n) is 4.75. The van der Waals surface area contributed by atoms with Crippen molar-refractivity contribution in [2.24, 2.45) is 5.92 Å². The van der Waals surface area contributed by atoms with E-state index in [9.17, 15) is 9.90 Å². The summed E-state index contributed by atoms with van der Waals surface area (Å²) in [6, 6.07) is 7.81. The van der Waals surface area contributed by atoms with Crippen LogP contribution in [0.25, 0.3) is 0 Å². The van der Waals surface area contributed by atoms with Crippen LogP contribution in [0.3, 0.4) is 0 Å². The molecule has 3 N–H and O–H groups in total. The summed E-state index contributed by atoms with van der Waals surface area (Å²) < 4.78 is 0. The fraction of sp³-hybridized carbons (Fsp3) is 0.632. The first-order valence-corrected chi connectivity index (χ1v) is 9.12. The van der Waals surface area contributed by atoms with Gasteiger partial charge in [-0.3, -0.25) is 0 Å². The Morgan fingerprint density at radius 1 is 1.24 bits per heavy atom. The lowest BCUT2D eigenvalue weighted by Gasteiger charge is -2.31. The molecule has 140 valence electrons. The van der Waals surface area contributed by atoms with Gasteiger partial charge in [0, 0.05) is 39.4 Å². The number of piperidine rings is 1. The molecule has 0 saturated carbocycles. The first kappa shape index (κ1) is 19.5. The van der Waals surface area contributed by atoms with Crippen LogP contribution in [-0.2, 0) is 6.54 Å². The number of hydrogen-bond donors (Lipinski definition) is 3. The fourth-order valence-electron chi connectivity index (χ4n) is 2.97. The molecule has 0 aliphatic carbocycles. The molecular formula is C19H32N4O2. The highest BCUT2D eigenvalue weighted by atomic mass is 16.3. The maximum Gasteiger partial charge on any atom is 0.315 e. The third kappa shape index (κ3) is 6.92. The molecule has 6 heteroatoms. The predicted molar refractivity (Wildman–Crippen MR) is 102 cm³/mol. The van der Waals surface area contributed by atoms with E-state index in [1.807, 2.05) is 43.3 Å². The molecule has 1 unspecified atom stereocenters. The van der Waals surface area contributed by atoms with Crippen molar-refractivity contribution in [3.63, 3.8) is 0 Å². The molecular weight excluding hydrogens is 316 g/mol. The van der Waals surface area contributed by atoms with E-state index >= 15 is 0 Å². The molecule has 1 aromatic carbocycles. The highest BCUT2D eigenvalue weighted by molar-refractivity contribution is 5.73. The zero-order chi connectivity index (χ0) is 18.2. The molecule has 2 rings (SSSR count). The van der Waals surface area contributed by atoms with Crippen LogP contribution in [0.5, 0.6) is 0 Å². The van der Waals surface area contributed by atoms with Gasteiger partial charge < -0.3 is 25.5 Å². The number of urea groups is 1. The Morgan fingerprint density at radius 3 is 2.48 bits per heavy atom. The quantitative estimate of drug-likeness (QED) is 0.701. The molecule has 0 spiro atoms. The smallest absolute Gasteiger partial charge is 0.315 e. The predicted octanol–water partition coefficient (Wildman–Crippen LogP) is 1.64. The number of anilines is 1. The molecule has 1 fully saturated rings. The van der Waals surface area contributed by atoms with Gasteiger partial charge in [-0.15, -0.1) is 0 Å². The Bertz CT molecular complexity index is 525. The van der Waals surface area contributed by atoms with Gasteiger partial charge in [0.2, 0.25) is 0 Å². The van der Waals surface area contributed by atoms with Gasteiger partial charge in [-0.25, -0.2) is 4.79 Å². The van der Waals surface area contributed by atoms with Crippen molar-refractivity contribution >= 4 is 11.7 Å². The number of benzene rings is 1. The van der Waals surface area contributed by atoms with Crippen LogP contribution < -0.4 is 15.5 Å². The summed E-state index contributed by atoms with van der Waals surface area (Å²) in [6.07, 6.45) is 1.85. The van der Waals surface area contributed by atoms with Crippen LogP contribution in [0.1, 0.15) is 25.3 Å². The van der Waals surface area contributed by atoms with Crippen LogP contribution in [-0.4, -0.2) is 62.4 Å². The number of nitrogens with zero attached hydrogens (tertiary/aromatic N) is 2. The molecule has 1 aliphatic heterocycles. The second-order valence-corrected chi connectivity index (χ2v) is 7.26. The topological polar surface area (TPSA) is 67.8 Å². The van der Waals surface area contributed by atoms with Crippen molar-refractivity contribution in [3.05, 3.63) is 29.8 Å². The minimum absolute atomic E-state index is 0.247. The van der Waals surface area contributed by atoms with Crippen LogP contribution in [0, 0.1) is 5.92 Å². The highest BCUT2D eigenvalue weighted by Gasteiger charge is 2.18. The van der Waals surface area contributed by atoms with Crippen molar-refractivity contribution in [2.45, 2.75) is 32.4 Å². The van der Waals surface area contributed by atoms with Gasteiger partial charge in [0.25, 0.3) is 0 Å². The Morgan fingerprint density at radius 2 is 1.88 bits per heavy atom. The highest BCUT2D eigenvalue weighted by Crippen LogP contribution is 2.15. The van der Waals surface area contributed by atoms with Crippen LogP contribution in [0.15, 0.2) is 24.3 Å². The molecule has 1 heterocycles. The van der Waals surface area contributed by atoms with E-state index in [-0.39, 0.29) is 12.6 Å². The average Bonchev–Trinajstić information content (AvgIpc) is 2.60. The molecule has 1 atom stereocenters. The lowest BCUT2D eigenvalue weighted by molar-refractivity contribution is 0.0920. The average molecular weight is 348 g/mol. The molecule has 2 amide bonds. The summed E-state index contributed by atoms with van der Waals surface area (Å²) in [5.74, 6) is 0.782. The second-order valence-electron chi connectivity index (χ2n) is 7.26. The second kappa shape index (κ2) is 9.63. The number of rotatable bonds is 7. The number of nitrogens with one attached hydrogen (secondary N) is 2. The third-order valence-corrected chi connectivity index (χ3v) is 4.75. The monoisotopic (exact) mass is 348 g/mol. The zero-order valence-corrected chi connectivity index (χ0v) is 15.7. The number of carbonyl (C=O) groups excluding carboxylic acids is 1. The summed E-state index contributed by atoms with van der Waals surface area (Å²) in [7, 11) is 3.99. The SMILES string of the molecule is CC1CCN(CC(O)CNC(=O)NCc2ccc(N(C)C)cc2)CC1. The van der Waals surface area contributed by atoms with E-state index in [4.69, 9.17) is 0 Å². The maximum atomic E-state index is 11.9. The van der Waals surface area contributed by atoms with E-state index in [0.717, 1.165) is 30.3 Å². The van der Waals surface area contributed by atoms with E-state index in [0.29, 0.717) is 13.1 Å². The molecule has 25 heavy (non-hydrogen) atoms. The number of likely N-dealkylation sites (tertiary alicyclic amines) is 1. The van der Waals surface area contributed by atoms with Crippen LogP contribution in [0.4, 0.5) is 10.5 Å². The lowest BCUT2D eigenvalue weighted by atomic mass is 9.99. The summed E-state index contributed by atoms with van der Waals surface area (Å²) in [4.78, 5) is 16.2. The van der Waals surface area contributed by atoms with Crippen molar-refractivity contribution in [1.82, 2.24) is 15.5 Å². The molecule has 0 bridgehead atoms. The fourth-order valence-corrected chi connectivity index (χ4v) is 2.97. The van der Waals surface area contributed by atoms with Crippen molar-refractivity contribution in [1.29, 1.82) is 0 Å². The number of β-amino-alcohol motifs (C(OH)–C–C–N with tert-alkyl or cyclic N) is 1. The zero-order valence-electron chi connectivity index (χ0n) is 15.7. The molecule has 0 aromatic heterocycles. The minimum atomic E-state index is -0.529. The van der Waals surface area contributed by atoms with Crippen molar-refractivity contribution < 1.29 is 9.90 Å². The minimum Gasteiger partial charge on any atom is -0.390 e. The standard InChI is InChI=1S/C19H32N4O2/c1-15-8-10-23(11-9-15)14-18(24)13-21-19(25)20-12-16-4-6-17(7-5-16)22(2)3/h4-7,15,18,24H,8-14H2,1-3H3,(H2,20,21,25). The Hall–Kier alpha value is -1.79. The van der Waals surface area contributed by atoms with Gasteiger partial charge in [-0.05, 0) is 49.5 Å². The van der Waals surface area contributed by atoms with Crippen LogP contribution >= 0.6 is 0 Å². The van der Waals surface area contributed by atoms with Crippen LogP contribution in [0.2, 0.25) is 0 Å². The van der Waals surface area contributed by atoms with Gasteiger partial charge in [-0.1, -0.05) is 19.1 Å². The number of carbonyl (C=O) groups is 1. The van der Waals surface area contributed by atoms with Gasteiger partial charge in [0.15, 0.2) is 0 Å². The normalized spacial score (nSPS) is 17.1. The molecule has 1 saturated heterocycles. The van der Waals surface area contributed by atoms with Gasteiger partial charge >= 0.3 is 6.03 Å². The van der Waals surface area contributed by atoms with Crippen molar-refractivity contribution in [3.8, 4) is 0 Å². The molecule has 0 radical (unpaired) electrons. The Balaban J connectivity index is 1.63. The number of hydrogen-bond acceptors (Lipinski definition) is 4. The van der Waals surface area contributed by atoms with E-state index in [1.165, 1.54) is 12.8 Å². The summed E-state index contributed by atoms with van der Waals surface area (Å²) >= 11 is 0. The van der Waals surface area contributed by atoms with Gasteiger partial charge in [-0.2, -0.15) is 0 Å². The Kier molecular flexibility index (Phi) is 7.52. The van der Waals surface area contributed by atoms with E-state index < -0.39 is 6.10 Å². The summed E-state index contributed by atoms with van der Waals surface area (Å²) in [5, 5.41) is 15.7. The van der Waals surface area contributed by atoms with Gasteiger partial charge in [0.05, 0.1) is 6.10 Å². The molecule has 1 aliphatic rings. The first-order chi connectivity index (χ1) is 11.9. The number of aliphatic hydroxyl groups excluding tert-OH is 1. The largest absolute Gasteiger partial charge is 0.390 e. The first-order valence-electron chi connectivity index (χ1n) is 9.12. The molecule has 1 aromatic rings. The summed E-state index contributed by atoms with van der Waals surface area (Å²) in [5.41, 5.74) is 2.17. The maximum absolute atomic E-state index is 11.9. The van der Waals surface area contributed by atoms with Crippen molar-refractivity contribution in [2.75, 3.05) is 45.2 Å². The summed E-state index contributed by atoms with van der Waals surface area (Å²) in [6.45, 7) is 5.71. The Labute approximate surface area is 151 Å². The number of amides is 2. The van der Waals surface area contributed by atoms with Gasteiger partial charge in [0.1, 0.15) is 0 Å². The lowest BCUT2D eigenvalue weighted by Crippen LogP contribution is -2.45. The molecule has 6 nitrogen and oxygen atoms in total. The van der Waals surface area contributed by atoms with E-state index in [1.54, 1.807) is 0 Å².